The zero-order chi connectivity index (χ0) is 26.8. The molecule has 0 aliphatic heterocycles. The van der Waals surface area contributed by atoms with Crippen molar-refractivity contribution in [2.45, 2.75) is 65.6 Å². The normalized spacial score (nSPS) is 14.7. The predicted octanol–water partition coefficient (Wildman–Crippen LogP) is 8.68. The van der Waals surface area contributed by atoms with Crippen LogP contribution in [0.2, 0.25) is 19.6 Å². The molecule has 0 saturated heterocycles. The van der Waals surface area contributed by atoms with Gasteiger partial charge in [-0.15, -0.1) is 0 Å². The summed E-state index contributed by atoms with van der Waals surface area (Å²) in [6, 6.07) is 17.7. The molecular weight excluding hydrogens is 480 g/mol. The van der Waals surface area contributed by atoms with Gasteiger partial charge in [-0.3, -0.25) is 0 Å². The van der Waals surface area contributed by atoms with Crippen LogP contribution in [0.25, 0.3) is 48.9 Å². The van der Waals surface area contributed by atoms with Crippen LogP contribution in [0.4, 0.5) is 5.69 Å². The van der Waals surface area contributed by atoms with Gasteiger partial charge in [0.25, 0.3) is 0 Å². The molecular formula is C34H37N2OSi+. The summed E-state index contributed by atoms with van der Waals surface area (Å²) >= 11 is 0. The number of nitrogens with zero attached hydrogens (tertiary/aromatic N) is 2. The lowest BCUT2D eigenvalue weighted by molar-refractivity contribution is -0.633. The Morgan fingerprint density at radius 3 is 2.39 bits per heavy atom. The van der Waals surface area contributed by atoms with Crippen LogP contribution in [-0.2, 0) is 13.5 Å². The number of rotatable bonds is 4. The number of aryl methyl sites for hydroxylation is 2. The fourth-order valence-electron chi connectivity index (χ4n) is 6.56. The number of benzene rings is 3. The summed E-state index contributed by atoms with van der Waals surface area (Å²) < 4.78 is 8.97. The second-order valence-corrected chi connectivity index (χ2v) is 17.5. The molecule has 2 heterocycles. The van der Waals surface area contributed by atoms with Gasteiger partial charge in [0.1, 0.15) is 18.2 Å². The molecule has 0 spiro atoms. The van der Waals surface area contributed by atoms with Gasteiger partial charge >= 0.3 is 0 Å². The van der Waals surface area contributed by atoms with Crippen molar-refractivity contribution in [2.24, 2.45) is 13.0 Å². The van der Waals surface area contributed by atoms with Gasteiger partial charge in [-0.2, -0.15) is 4.57 Å². The van der Waals surface area contributed by atoms with Crippen LogP contribution in [0, 0.1) is 26.3 Å². The Hall–Kier alpha value is -3.42. The van der Waals surface area contributed by atoms with Crippen LogP contribution >= 0.6 is 0 Å². The third-order valence-corrected chi connectivity index (χ3v) is 10.8. The van der Waals surface area contributed by atoms with Crippen LogP contribution in [0.5, 0.6) is 0 Å². The van der Waals surface area contributed by atoms with Gasteiger partial charge in [-0.1, -0.05) is 63.5 Å². The highest BCUT2D eigenvalue weighted by Gasteiger charge is 2.30. The van der Waals surface area contributed by atoms with Crippen molar-refractivity contribution in [1.82, 2.24) is 0 Å². The highest BCUT2D eigenvalue weighted by atomic mass is 28.3. The average molecular weight is 518 g/mol. The van der Waals surface area contributed by atoms with Crippen LogP contribution in [0.15, 0.2) is 52.9 Å². The van der Waals surface area contributed by atoms with Crippen LogP contribution in [0.3, 0.4) is 0 Å². The Morgan fingerprint density at radius 1 is 0.947 bits per heavy atom. The molecule has 3 aromatic carbocycles. The van der Waals surface area contributed by atoms with Gasteiger partial charge in [-0.05, 0) is 66.3 Å². The van der Waals surface area contributed by atoms with Gasteiger partial charge in [0.15, 0.2) is 5.69 Å². The monoisotopic (exact) mass is 517 g/mol. The van der Waals surface area contributed by atoms with Crippen molar-refractivity contribution in [1.29, 1.82) is 0 Å². The van der Waals surface area contributed by atoms with E-state index in [4.69, 9.17) is 11.0 Å². The molecule has 192 valence electrons. The first kappa shape index (κ1) is 24.9. The molecule has 0 bridgehead atoms. The minimum Gasteiger partial charge on any atom is -0.456 e. The predicted molar refractivity (Wildman–Crippen MR) is 162 cm³/mol. The van der Waals surface area contributed by atoms with Crippen LogP contribution in [-0.4, -0.2) is 8.07 Å². The molecule has 6 rings (SSSR count). The van der Waals surface area contributed by atoms with E-state index in [9.17, 15) is 0 Å². The molecule has 2 aromatic heterocycles. The van der Waals surface area contributed by atoms with Crippen molar-refractivity contribution in [3.8, 4) is 11.3 Å². The summed E-state index contributed by atoms with van der Waals surface area (Å²) in [4.78, 5) is 3.63. The molecule has 0 atom stereocenters. The van der Waals surface area contributed by atoms with E-state index in [0.717, 1.165) is 27.9 Å². The Bertz CT molecular complexity index is 1780. The van der Waals surface area contributed by atoms with Crippen molar-refractivity contribution >= 4 is 51.8 Å². The van der Waals surface area contributed by atoms with Crippen molar-refractivity contribution in [3.63, 3.8) is 0 Å². The maximum absolute atomic E-state index is 7.46. The number of pyridine rings is 1. The molecule has 4 heteroatoms. The Labute approximate surface area is 226 Å². The Kier molecular flexibility index (Phi) is 5.96. The van der Waals surface area contributed by atoms with Gasteiger partial charge in [0.05, 0.1) is 20.2 Å². The fourth-order valence-corrected chi connectivity index (χ4v) is 8.15. The lowest BCUT2D eigenvalue weighted by Gasteiger charge is -2.21. The summed E-state index contributed by atoms with van der Waals surface area (Å²) in [5, 5.41) is 5.08. The molecule has 3 nitrogen and oxygen atoms in total. The molecule has 0 amide bonds. The maximum atomic E-state index is 7.46. The minimum atomic E-state index is -1.66. The second-order valence-electron chi connectivity index (χ2n) is 12.4. The van der Waals surface area contributed by atoms with E-state index in [1.165, 1.54) is 76.1 Å². The van der Waals surface area contributed by atoms with Gasteiger partial charge < -0.3 is 4.42 Å². The molecule has 1 aliphatic carbocycles. The largest absolute Gasteiger partial charge is 0.456 e. The van der Waals surface area contributed by atoms with Crippen LogP contribution in [0.1, 0.15) is 42.4 Å². The zero-order valence-electron chi connectivity index (χ0n) is 23.5. The zero-order valence-corrected chi connectivity index (χ0v) is 24.5. The molecule has 38 heavy (non-hydrogen) atoms. The number of hydrogen-bond acceptors (Lipinski definition) is 1. The van der Waals surface area contributed by atoms with E-state index in [2.05, 4.69) is 80.3 Å². The molecule has 1 fully saturated rings. The summed E-state index contributed by atoms with van der Waals surface area (Å²) in [5.41, 5.74) is 9.98. The Balaban J connectivity index is 1.66. The maximum Gasteiger partial charge on any atom is 0.216 e. The van der Waals surface area contributed by atoms with Crippen molar-refractivity contribution < 1.29 is 8.98 Å². The van der Waals surface area contributed by atoms with E-state index in [-0.39, 0.29) is 0 Å². The van der Waals surface area contributed by atoms with Crippen molar-refractivity contribution in [2.75, 3.05) is 0 Å². The smallest absolute Gasteiger partial charge is 0.216 e. The number of fused-ring (bicyclic) bond motifs is 4. The highest BCUT2D eigenvalue weighted by Crippen LogP contribution is 2.40. The fraction of sp³-hybridized carbons (Fsp3) is 0.353. The van der Waals surface area contributed by atoms with Crippen molar-refractivity contribution in [3.05, 3.63) is 76.6 Å². The number of aromatic nitrogens is 1. The summed E-state index contributed by atoms with van der Waals surface area (Å²) in [5.74, 6) is 0.826. The van der Waals surface area contributed by atoms with Gasteiger partial charge in [-0.25, -0.2) is 4.85 Å². The number of furan rings is 1. The first-order valence-corrected chi connectivity index (χ1v) is 17.5. The standard InChI is InChI=1S/C34H37N2OSi/c1-21-16-28-26-15-13-25(35-3)19-31(26)37-34(28)33(22(21)2)30-20-32(38(5,6)7)27-14-12-24(18-29(27)36(30)4)17-23-10-8-9-11-23/h12-16,18-20,23H,8-11,17H2,1-2,4-7H3/q+1. The third kappa shape index (κ3) is 4.05. The van der Waals surface area contributed by atoms with E-state index in [1.807, 2.05) is 18.2 Å². The Morgan fingerprint density at radius 2 is 1.68 bits per heavy atom. The molecule has 0 radical (unpaired) electrons. The molecule has 5 aromatic rings. The topological polar surface area (TPSA) is 21.4 Å². The van der Waals surface area contributed by atoms with E-state index < -0.39 is 8.07 Å². The summed E-state index contributed by atoms with van der Waals surface area (Å²) in [7, 11) is 0.563. The second kappa shape index (κ2) is 9.10. The molecule has 0 N–H and O–H groups in total. The first-order chi connectivity index (χ1) is 18.2. The summed E-state index contributed by atoms with van der Waals surface area (Å²) in [6.07, 6.45) is 6.68. The molecule has 1 saturated carbocycles. The van der Waals surface area contributed by atoms with Gasteiger partial charge in [0, 0.05) is 28.3 Å². The van der Waals surface area contributed by atoms with Gasteiger partial charge in [0.2, 0.25) is 11.2 Å². The van der Waals surface area contributed by atoms with E-state index in [1.54, 1.807) is 0 Å². The minimum absolute atomic E-state index is 0.610. The number of hydrogen-bond donors (Lipinski definition) is 0. The average Bonchev–Trinajstić information content (AvgIpc) is 3.52. The highest BCUT2D eigenvalue weighted by molar-refractivity contribution is 6.90. The quantitative estimate of drug-likeness (QED) is 0.133. The molecule has 1 aliphatic rings. The lowest BCUT2D eigenvalue weighted by Crippen LogP contribution is -2.43. The van der Waals surface area contributed by atoms with Crippen LogP contribution < -0.4 is 9.75 Å². The lowest BCUT2D eigenvalue weighted by atomic mass is 9.95. The summed E-state index contributed by atoms with van der Waals surface area (Å²) in [6.45, 7) is 19.2. The third-order valence-electron chi connectivity index (χ3n) is 8.81. The van der Waals surface area contributed by atoms with E-state index in [0.29, 0.717) is 5.69 Å². The molecule has 0 unspecified atom stereocenters. The first-order valence-electron chi connectivity index (χ1n) is 14.0. The SMILES string of the molecule is [C-]#[N+]c1ccc2c(c1)oc1c(-c3cc([Si](C)(C)C)c4ccc(CC5CCCC5)cc4[n+]3C)c(C)c(C)cc12. The van der Waals surface area contributed by atoms with E-state index >= 15 is 0 Å².